The normalized spacial score (nSPS) is 18.9. The smallest absolute Gasteiger partial charge is 0.258 e. The summed E-state index contributed by atoms with van der Waals surface area (Å²) >= 11 is 0. The lowest BCUT2D eigenvalue weighted by molar-refractivity contribution is 0.0593. The van der Waals surface area contributed by atoms with Crippen molar-refractivity contribution in [1.29, 1.82) is 0 Å². The quantitative estimate of drug-likeness (QED) is 0.937. The van der Waals surface area contributed by atoms with Crippen LogP contribution in [0.5, 0.6) is 0 Å². The van der Waals surface area contributed by atoms with Crippen LogP contribution >= 0.6 is 0 Å². The molecular formula is C17H19N3O. The summed E-state index contributed by atoms with van der Waals surface area (Å²) in [4.78, 5) is 18.9. The van der Waals surface area contributed by atoms with Crippen LogP contribution in [-0.4, -0.2) is 21.8 Å². The number of nitrogens with one attached hydrogen (secondary N) is 1. The van der Waals surface area contributed by atoms with Crippen LogP contribution in [0.15, 0.2) is 48.8 Å². The van der Waals surface area contributed by atoms with E-state index in [9.17, 15) is 4.79 Å². The predicted octanol–water partition coefficient (Wildman–Crippen LogP) is 3.45. The van der Waals surface area contributed by atoms with Crippen LogP contribution in [-0.2, 0) is 0 Å². The number of pyridine rings is 1. The summed E-state index contributed by atoms with van der Waals surface area (Å²) in [5.41, 5.74) is 2.68. The first kappa shape index (κ1) is 13.6. The standard InChI is InChI=1S/C17H19N3O/c1-3-12(2)20-16(13-8-10-18-11-9-13)19-15-7-5-4-6-14(15)17(20)21/h4-12,16,19H,3H2,1-2H3/t12-,16+/m0/s1. The number of fused-ring (bicyclic) bond motifs is 1. The minimum absolute atomic E-state index is 0.0838. The molecule has 0 bridgehead atoms. The van der Waals surface area contributed by atoms with Gasteiger partial charge in [0.1, 0.15) is 6.17 Å². The second-order valence-corrected chi connectivity index (χ2v) is 5.34. The largest absolute Gasteiger partial charge is 0.361 e. The van der Waals surface area contributed by atoms with Crippen molar-refractivity contribution in [1.82, 2.24) is 9.88 Å². The van der Waals surface area contributed by atoms with Gasteiger partial charge in [-0.25, -0.2) is 0 Å². The maximum absolute atomic E-state index is 12.9. The lowest BCUT2D eigenvalue weighted by atomic mass is 10.0. The van der Waals surface area contributed by atoms with Gasteiger partial charge >= 0.3 is 0 Å². The number of nitrogens with zero attached hydrogens (tertiary/aromatic N) is 2. The highest BCUT2D eigenvalue weighted by molar-refractivity contribution is 6.01. The minimum atomic E-state index is -0.148. The molecular weight excluding hydrogens is 262 g/mol. The number of hydrogen-bond donors (Lipinski definition) is 1. The zero-order valence-corrected chi connectivity index (χ0v) is 12.3. The van der Waals surface area contributed by atoms with Crippen LogP contribution in [0, 0.1) is 0 Å². The van der Waals surface area contributed by atoms with Gasteiger partial charge in [-0.15, -0.1) is 0 Å². The van der Waals surface area contributed by atoms with E-state index in [1.54, 1.807) is 12.4 Å². The number of para-hydroxylation sites is 1. The molecule has 1 aliphatic rings. The van der Waals surface area contributed by atoms with E-state index in [0.29, 0.717) is 0 Å². The molecule has 0 fully saturated rings. The lowest BCUT2D eigenvalue weighted by Gasteiger charge is -2.41. The molecule has 0 saturated heterocycles. The van der Waals surface area contributed by atoms with Crippen molar-refractivity contribution in [3.8, 4) is 0 Å². The Balaban J connectivity index is 2.07. The molecule has 4 nitrogen and oxygen atoms in total. The Labute approximate surface area is 124 Å². The molecule has 21 heavy (non-hydrogen) atoms. The van der Waals surface area contributed by atoms with Gasteiger partial charge < -0.3 is 10.2 Å². The third kappa shape index (κ3) is 2.37. The van der Waals surface area contributed by atoms with Gasteiger partial charge in [0, 0.05) is 24.1 Å². The summed E-state index contributed by atoms with van der Waals surface area (Å²) in [6.45, 7) is 4.18. The fourth-order valence-electron chi connectivity index (χ4n) is 2.71. The molecule has 1 aromatic carbocycles. The number of carbonyl (C=O) groups excluding carboxylic acids is 1. The molecule has 0 unspecified atom stereocenters. The number of aromatic nitrogens is 1. The molecule has 1 aliphatic heterocycles. The summed E-state index contributed by atoms with van der Waals surface area (Å²) in [6, 6.07) is 11.7. The maximum Gasteiger partial charge on any atom is 0.258 e. The SMILES string of the molecule is CC[C@H](C)N1C(=O)c2ccccc2N[C@H]1c1ccncc1. The number of amides is 1. The van der Waals surface area contributed by atoms with E-state index in [1.807, 2.05) is 41.3 Å². The molecule has 2 aromatic rings. The van der Waals surface area contributed by atoms with E-state index in [1.165, 1.54) is 0 Å². The molecule has 2 heterocycles. The Morgan fingerprint density at radius 2 is 1.95 bits per heavy atom. The Morgan fingerprint density at radius 3 is 2.67 bits per heavy atom. The van der Waals surface area contributed by atoms with Crippen LogP contribution in [0.2, 0.25) is 0 Å². The summed E-state index contributed by atoms with van der Waals surface area (Å²) in [6.07, 6.45) is 4.29. The Hall–Kier alpha value is -2.36. The molecule has 108 valence electrons. The average Bonchev–Trinajstić information content (AvgIpc) is 2.55. The van der Waals surface area contributed by atoms with Crippen molar-refractivity contribution in [3.05, 3.63) is 59.9 Å². The monoisotopic (exact) mass is 281 g/mol. The predicted molar refractivity (Wildman–Crippen MR) is 83.0 cm³/mol. The first-order chi connectivity index (χ1) is 10.2. The lowest BCUT2D eigenvalue weighted by Crippen LogP contribution is -2.47. The molecule has 1 aromatic heterocycles. The van der Waals surface area contributed by atoms with Crippen molar-refractivity contribution in [2.75, 3.05) is 5.32 Å². The van der Waals surface area contributed by atoms with E-state index in [4.69, 9.17) is 0 Å². The third-order valence-electron chi connectivity index (χ3n) is 4.05. The molecule has 0 aliphatic carbocycles. The van der Waals surface area contributed by atoms with Crippen molar-refractivity contribution >= 4 is 11.6 Å². The van der Waals surface area contributed by atoms with Crippen LogP contribution in [0.4, 0.5) is 5.69 Å². The third-order valence-corrected chi connectivity index (χ3v) is 4.05. The van der Waals surface area contributed by atoms with Crippen LogP contribution in [0.1, 0.15) is 42.4 Å². The van der Waals surface area contributed by atoms with Gasteiger partial charge in [0.15, 0.2) is 0 Å². The number of carbonyl (C=O) groups is 1. The van der Waals surface area contributed by atoms with Gasteiger partial charge in [-0.2, -0.15) is 0 Å². The van der Waals surface area contributed by atoms with Crippen molar-refractivity contribution in [2.45, 2.75) is 32.5 Å². The molecule has 0 radical (unpaired) electrons. The van der Waals surface area contributed by atoms with E-state index in [-0.39, 0.29) is 18.1 Å². The molecule has 3 rings (SSSR count). The Morgan fingerprint density at radius 1 is 1.24 bits per heavy atom. The number of anilines is 1. The molecule has 0 spiro atoms. The number of hydrogen-bond acceptors (Lipinski definition) is 3. The second-order valence-electron chi connectivity index (χ2n) is 5.34. The maximum atomic E-state index is 12.9. The first-order valence-electron chi connectivity index (χ1n) is 7.30. The molecule has 4 heteroatoms. The highest BCUT2D eigenvalue weighted by atomic mass is 16.2. The van der Waals surface area contributed by atoms with Gasteiger partial charge in [-0.1, -0.05) is 19.1 Å². The van der Waals surface area contributed by atoms with E-state index >= 15 is 0 Å². The second kappa shape index (κ2) is 5.56. The summed E-state index contributed by atoms with van der Waals surface area (Å²) in [7, 11) is 0. The van der Waals surface area contributed by atoms with E-state index in [0.717, 1.165) is 23.2 Å². The van der Waals surface area contributed by atoms with Gasteiger partial charge in [0.25, 0.3) is 5.91 Å². The van der Waals surface area contributed by atoms with Crippen molar-refractivity contribution in [3.63, 3.8) is 0 Å². The van der Waals surface area contributed by atoms with Gasteiger partial charge in [0.05, 0.1) is 5.56 Å². The van der Waals surface area contributed by atoms with Gasteiger partial charge in [-0.05, 0) is 43.2 Å². The topological polar surface area (TPSA) is 45.2 Å². The highest BCUT2D eigenvalue weighted by Gasteiger charge is 2.35. The zero-order valence-electron chi connectivity index (χ0n) is 12.3. The molecule has 1 amide bonds. The Kier molecular flexibility index (Phi) is 3.60. The van der Waals surface area contributed by atoms with Crippen molar-refractivity contribution < 1.29 is 4.79 Å². The summed E-state index contributed by atoms with van der Waals surface area (Å²) in [5, 5.41) is 3.49. The van der Waals surface area contributed by atoms with Gasteiger partial charge in [-0.3, -0.25) is 9.78 Å². The summed E-state index contributed by atoms with van der Waals surface area (Å²) in [5.74, 6) is 0.0838. The van der Waals surface area contributed by atoms with Crippen LogP contribution < -0.4 is 5.32 Å². The molecule has 0 saturated carbocycles. The molecule has 2 atom stereocenters. The zero-order chi connectivity index (χ0) is 14.8. The summed E-state index contributed by atoms with van der Waals surface area (Å²) < 4.78 is 0. The molecule has 1 N–H and O–H groups in total. The average molecular weight is 281 g/mol. The Bertz CT molecular complexity index is 641. The fraction of sp³-hybridized carbons (Fsp3) is 0.294. The first-order valence-corrected chi connectivity index (χ1v) is 7.30. The minimum Gasteiger partial charge on any atom is -0.361 e. The fourth-order valence-corrected chi connectivity index (χ4v) is 2.71. The van der Waals surface area contributed by atoms with E-state index < -0.39 is 0 Å². The number of rotatable bonds is 3. The van der Waals surface area contributed by atoms with E-state index in [2.05, 4.69) is 24.1 Å². The highest BCUT2D eigenvalue weighted by Crippen LogP contribution is 2.34. The van der Waals surface area contributed by atoms with Crippen LogP contribution in [0.25, 0.3) is 0 Å². The van der Waals surface area contributed by atoms with Crippen molar-refractivity contribution in [2.24, 2.45) is 0 Å². The van der Waals surface area contributed by atoms with Crippen LogP contribution in [0.3, 0.4) is 0 Å². The van der Waals surface area contributed by atoms with Gasteiger partial charge in [0.2, 0.25) is 0 Å². The number of benzene rings is 1.